The molecule has 0 aromatic rings. The van der Waals surface area contributed by atoms with Crippen molar-refractivity contribution >= 4 is 11.9 Å². The number of carbonyl (C=O) groups excluding carboxylic acids is 1. The fourth-order valence-electron chi connectivity index (χ4n) is 5.72. The summed E-state index contributed by atoms with van der Waals surface area (Å²) in [6.45, 7) is 5.53. The molecule has 0 aromatic carbocycles. The van der Waals surface area contributed by atoms with Gasteiger partial charge >= 0.3 is 11.9 Å². The Kier molecular flexibility index (Phi) is 3.77. The zero-order valence-electron chi connectivity index (χ0n) is 13.9. The standard InChI is InChI=1S/C18H28O4/c1-4-17(3,22-16(21)11(2)15(19)20)18-8-12-5-13(9-18)7-14(6-12)10-18/h11-14H,4-10H2,1-3H3,(H,19,20). The van der Waals surface area contributed by atoms with E-state index in [1.165, 1.54) is 26.2 Å². The first-order chi connectivity index (χ1) is 10.3. The number of aliphatic carboxylic acids is 1. The summed E-state index contributed by atoms with van der Waals surface area (Å²) >= 11 is 0. The van der Waals surface area contributed by atoms with E-state index in [1.54, 1.807) is 0 Å². The van der Waals surface area contributed by atoms with Crippen LogP contribution in [0.15, 0.2) is 0 Å². The average molecular weight is 308 g/mol. The molecule has 4 nitrogen and oxygen atoms in total. The van der Waals surface area contributed by atoms with Crippen molar-refractivity contribution in [3.8, 4) is 0 Å². The zero-order valence-corrected chi connectivity index (χ0v) is 13.9. The molecule has 4 saturated carbocycles. The minimum atomic E-state index is -1.10. The molecule has 2 unspecified atom stereocenters. The van der Waals surface area contributed by atoms with Crippen LogP contribution >= 0.6 is 0 Å². The lowest BCUT2D eigenvalue weighted by molar-refractivity contribution is -0.209. The molecule has 4 aliphatic carbocycles. The molecule has 1 N–H and O–H groups in total. The topological polar surface area (TPSA) is 63.6 Å². The van der Waals surface area contributed by atoms with E-state index in [1.807, 2.05) is 6.92 Å². The second-order valence-electron chi connectivity index (χ2n) is 8.26. The second kappa shape index (κ2) is 5.24. The molecular formula is C18H28O4. The minimum absolute atomic E-state index is 0.0738. The fraction of sp³-hybridized carbons (Fsp3) is 0.889. The summed E-state index contributed by atoms with van der Waals surface area (Å²) in [5.41, 5.74) is -0.450. The lowest BCUT2D eigenvalue weighted by atomic mass is 9.45. The molecule has 0 aromatic heterocycles. The lowest BCUT2D eigenvalue weighted by Gasteiger charge is -2.62. The summed E-state index contributed by atoms with van der Waals surface area (Å²) in [4.78, 5) is 23.3. The molecule has 0 amide bonds. The lowest BCUT2D eigenvalue weighted by Crippen LogP contribution is -2.58. The highest BCUT2D eigenvalue weighted by Gasteiger charge is 2.60. The quantitative estimate of drug-likeness (QED) is 0.622. The van der Waals surface area contributed by atoms with Crippen LogP contribution in [-0.2, 0) is 14.3 Å². The van der Waals surface area contributed by atoms with Gasteiger partial charge in [-0.25, -0.2) is 0 Å². The number of hydrogen-bond acceptors (Lipinski definition) is 3. The largest absolute Gasteiger partial charge is 0.481 e. The number of ether oxygens (including phenoxy) is 1. The molecule has 4 rings (SSSR count). The van der Waals surface area contributed by atoms with E-state index >= 15 is 0 Å². The second-order valence-corrected chi connectivity index (χ2v) is 8.26. The van der Waals surface area contributed by atoms with E-state index in [0.717, 1.165) is 43.4 Å². The Hall–Kier alpha value is -1.06. The van der Waals surface area contributed by atoms with Gasteiger partial charge in [-0.05, 0) is 76.5 Å². The van der Waals surface area contributed by atoms with Crippen molar-refractivity contribution in [2.24, 2.45) is 29.1 Å². The molecule has 0 saturated heterocycles. The summed E-state index contributed by atoms with van der Waals surface area (Å²) in [5.74, 6) is -0.408. The predicted octanol–water partition coefficient (Wildman–Crippen LogP) is 3.64. The van der Waals surface area contributed by atoms with Crippen LogP contribution in [0.4, 0.5) is 0 Å². The summed E-state index contributed by atoms with van der Waals surface area (Å²) in [7, 11) is 0. The van der Waals surface area contributed by atoms with Crippen molar-refractivity contribution in [2.75, 3.05) is 0 Å². The number of carboxylic acids is 1. The third-order valence-corrected chi connectivity index (χ3v) is 6.88. The Morgan fingerprint density at radius 3 is 2.00 bits per heavy atom. The van der Waals surface area contributed by atoms with E-state index in [4.69, 9.17) is 9.84 Å². The predicted molar refractivity (Wildman–Crippen MR) is 82.2 cm³/mol. The maximum Gasteiger partial charge on any atom is 0.320 e. The van der Waals surface area contributed by atoms with Crippen LogP contribution in [0, 0.1) is 29.1 Å². The normalized spacial score (nSPS) is 40.0. The molecule has 22 heavy (non-hydrogen) atoms. The molecule has 2 atom stereocenters. The first-order valence-corrected chi connectivity index (χ1v) is 8.74. The van der Waals surface area contributed by atoms with Gasteiger partial charge in [-0.2, -0.15) is 0 Å². The highest BCUT2D eigenvalue weighted by Crippen LogP contribution is 2.65. The molecular weight excluding hydrogens is 280 g/mol. The van der Waals surface area contributed by atoms with Crippen LogP contribution in [0.5, 0.6) is 0 Å². The van der Waals surface area contributed by atoms with E-state index < -0.39 is 23.5 Å². The van der Waals surface area contributed by atoms with Gasteiger partial charge in [-0.3, -0.25) is 9.59 Å². The highest BCUT2D eigenvalue weighted by atomic mass is 16.6. The number of hydrogen-bond donors (Lipinski definition) is 1. The molecule has 4 heteroatoms. The summed E-state index contributed by atoms with van der Waals surface area (Å²) in [5, 5.41) is 9.06. The molecule has 124 valence electrons. The zero-order chi connectivity index (χ0) is 16.1. The Balaban J connectivity index is 1.83. The SMILES string of the molecule is CCC(C)(OC(=O)C(C)C(=O)O)C12CC3CC(CC(C3)C1)C2. The van der Waals surface area contributed by atoms with Gasteiger partial charge in [0, 0.05) is 5.41 Å². The van der Waals surface area contributed by atoms with Crippen molar-refractivity contribution in [2.45, 2.75) is 71.3 Å². The molecule has 4 bridgehead atoms. The first kappa shape index (κ1) is 15.8. The van der Waals surface area contributed by atoms with Gasteiger partial charge in [-0.15, -0.1) is 0 Å². The maximum atomic E-state index is 12.2. The first-order valence-electron chi connectivity index (χ1n) is 8.74. The van der Waals surface area contributed by atoms with Crippen LogP contribution in [0.3, 0.4) is 0 Å². The van der Waals surface area contributed by atoms with Gasteiger partial charge in [0.05, 0.1) is 0 Å². The molecule has 0 spiro atoms. The van der Waals surface area contributed by atoms with Crippen LogP contribution in [0.1, 0.15) is 65.7 Å². The van der Waals surface area contributed by atoms with Crippen molar-refractivity contribution in [3.63, 3.8) is 0 Å². The monoisotopic (exact) mass is 308 g/mol. The van der Waals surface area contributed by atoms with E-state index in [2.05, 4.69) is 6.92 Å². The van der Waals surface area contributed by atoms with Crippen LogP contribution in [-0.4, -0.2) is 22.6 Å². The van der Waals surface area contributed by atoms with Gasteiger partial charge in [0.2, 0.25) is 0 Å². The van der Waals surface area contributed by atoms with Gasteiger partial charge in [-0.1, -0.05) is 6.92 Å². The number of carbonyl (C=O) groups is 2. The van der Waals surface area contributed by atoms with Crippen molar-refractivity contribution in [1.29, 1.82) is 0 Å². The highest BCUT2D eigenvalue weighted by molar-refractivity contribution is 5.93. The van der Waals surface area contributed by atoms with Crippen LogP contribution in [0.25, 0.3) is 0 Å². The van der Waals surface area contributed by atoms with Crippen molar-refractivity contribution in [1.82, 2.24) is 0 Å². The van der Waals surface area contributed by atoms with Crippen LogP contribution in [0.2, 0.25) is 0 Å². The molecule has 4 aliphatic rings. The summed E-state index contributed by atoms with van der Waals surface area (Å²) < 4.78 is 5.88. The molecule has 4 fully saturated rings. The number of rotatable bonds is 5. The van der Waals surface area contributed by atoms with Crippen molar-refractivity contribution in [3.05, 3.63) is 0 Å². The Morgan fingerprint density at radius 1 is 1.18 bits per heavy atom. The van der Waals surface area contributed by atoms with Gasteiger partial charge in [0.1, 0.15) is 5.60 Å². The number of carboxylic acid groups (broad SMARTS) is 1. The van der Waals surface area contributed by atoms with Gasteiger partial charge in [0.25, 0.3) is 0 Å². The molecule has 0 aliphatic heterocycles. The summed E-state index contributed by atoms with van der Waals surface area (Å²) in [6, 6.07) is 0. The maximum absolute atomic E-state index is 12.2. The van der Waals surface area contributed by atoms with E-state index in [0.29, 0.717) is 0 Å². The van der Waals surface area contributed by atoms with Crippen molar-refractivity contribution < 1.29 is 19.4 Å². The molecule has 0 heterocycles. The third-order valence-electron chi connectivity index (χ3n) is 6.88. The third kappa shape index (κ3) is 2.35. The Morgan fingerprint density at radius 2 is 1.64 bits per heavy atom. The van der Waals surface area contributed by atoms with Gasteiger partial charge in [0.15, 0.2) is 5.92 Å². The molecule has 0 radical (unpaired) electrons. The Labute approximate surface area is 132 Å². The summed E-state index contributed by atoms with van der Waals surface area (Å²) in [6.07, 6.45) is 8.25. The fourth-order valence-corrected chi connectivity index (χ4v) is 5.72. The van der Waals surface area contributed by atoms with E-state index in [9.17, 15) is 9.59 Å². The Bertz CT molecular complexity index is 448. The van der Waals surface area contributed by atoms with Crippen LogP contribution < -0.4 is 0 Å². The minimum Gasteiger partial charge on any atom is -0.481 e. The van der Waals surface area contributed by atoms with Gasteiger partial charge < -0.3 is 9.84 Å². The van der Waals surface area contributed by atoms with E-state index in [-0.39, 0.29) is 5.41 Å². The average Bonchev–Trinajstić information content (AvgIpc) is 2.44. The smallest absolute Gasteiger partial charge is 0.320 e. The number of esters is 1.